The Morgan fingerprint density at radius 3 is 0.682 bits per heavy atom. The van der Waals surface area contributed by atoms with Crippen LogP contribution in [0, 0.1) is 65.0 Å². The van der Waals surface area contributed by atoms with Crippen molar-refractivity contribution >= 4 is 53.3 Å². The zero-order valence-electron chi connectivity index (χ0n) is 74.8. The number of hydrogen-bond acceptors (Lipinski definition) is 13. The molecule has 19 heteroatoms. The Bertz CT molecular complexity index is 3030. The molecule has 6 saturated heterocycles. The third-order valence-electron chi connectivity index (χ3n) is 26.7. The number of carbonyl (C=O) groups is 6. The van der Waals surface area contributed by atoms with Gasteiger partial charge >= 0.3 is 0 Å². The summed E-state index contributed by atoms with van der Waals surface area (Å²) in [4.78, 5) is 117. The van der Waals surface area contributed by atoms with Crippen molar-refractivity contribution in [3.63, 3.8) is 0 Å². The topological polar surface area (TPSA) is 182 Å². The van der Waals surface area contributed by atoms with Crippen LogP contribution in [-0.4, -0.2) is 209 Å². The van der Waals surface area contributed by atoms with E-state index < -0.39 is 16.2 Å². The lowest BCUT2D eigenvalue weighted by Crippen LogP contribution is -2.57. The molecule has 0 aromatic carbocycles. The minimum absolute atomic E-state index is 0.0297. The number of carbonyl (C=O) groups excluding carboxylic acids is 6. The third kappa shape index (κ3) is 23.3. The number of nitrogens with zero attached hydrogens (tertiary/aromatic N) is 12. The van der Waals surface area contributed by atoms with Gasteiger partial charge in [-0.15, -0.1) is 0 Å². The van der Waals surface area contributed by atoms with Gasteiger partial charge in [-0.2, -0.15) is 15.0 Å². The second kappa shape index (κ2) is 34.6. The summed E-state index contributed by atoms with van der Waals surface area (Å²) in [6.45, 7) is 64.0. The Morgan fingerprint density at radius 2 is 0.464 bits per heavy atom. The Balaban J connectivity index is 0.000000255. The monoisotopic (exact) mass is 1530 g/mol. The summed E-state index contributed by atoms with van der Waals surface area (Å²) in [6, 6.07) is 1.48. The van der Waals surface area contributed by atoms with E-state index in [1.165, 1.54) is 89.9 Å². The van der Waals surface area contributed by atoms with E-state index in [9.17, 15) is 28.8 Å². The first-order valence-corrected chi connectivity index (χ1v) is 44.4. The highest BCUT2D eigenvalue weighted by molar-refractivity contribution is 5.86. The average molecular weight is 1530 g/mol. The highest BCUT2D eigenvalue weighted by Gasteiger charge is 2.51. The molecule has 1 aromatic rings. The van der Waals surface area contributed by atoms with Gasteiger partial charge in [-0.3, -0.25) is 28.8 Å². The molecule has 110 heavy (non-hydrogen) atoms. The van der Waals surface area contributed by atoms with Crippen LogP contribution in [0.5, 0.6) is 0 Å². The normalized spacial score (nSPS) is 26.5. The molecule has 1 aromatic heterocycles. The fourth-order valence-electron chi connectivity index (χ4n) is 24.0. The number of nitrogens with one attached hydrogen (secondary N) is 1. The molecule has 10 aliphatic rings. The van der Waals surface area contributed by atoms with Gasteiger partial charge in [0.2, 0.25) is 53.3 Å². The lowest BCUT2D eigenvalue weighted by molar-refractivity contribution is -0.155. The van der Waals surface area contributed by atoms with E-state index in [4.69, 9.17) is 15.0 Å². The molecule has 11 rings (SSSR count). The van der Waals surface area contributed by atoms with Crippen LogP contribution in [0.1, 0.15) is 333 Å². The van der Waals surface area contributed by atoms with Crippen LogP contribution in [0.25, 0.3) is 0 Å². The molecule has 0 atom stereocenters. The molecule has 0 bridgehead atoms. The Morgan fingerprint density at radius 1 is 0.273 bits per heavy atom. The summed E-state index contributed by atoms with van der Waals surface area (Å²) in [5, 5.41) is 3.65. The molecule has 1 N–H and O–H groups in total. The minimum atomic E-state index is -0.410. The summed E-state index contributed by atoms with van der Waals surface area (Å²) in [7, 11) is 0. The smallest absolute Gasteiger partial charge is 0.232 e. The molecule has 4 saturated carbocycles. The number of aromatic nitrogens is 3. The Labute approximate surface area is 670 Å². The fraction of sp³-hybridized carbons (Fsp3) is 0.901. The number of amides is 6. The van der Waals surface area contributed by atoms with Gasteiger partial charge in [0.25, 0.3) is 0 Å². The summed E-state index contributed by atoms with van der Waals surface area (Å²) in [5.74, 6) is 3.68. The fourth-order valence-corrected chi connectivity index (χ4v) is 24.0. The van der Waals surface area contributed by atoms with Crippen LogP contribution in [-0.2, 0) is 28.8 Å². The van der Waals surface area contributed by atoms with E-state index in [0.29, 0.717) is 64.3 Å². The zero-order chi connectivity index (χ0) is 81.2. The maximum absolute atomic E-state index is 14.1. The van der Waals surface area contributed by atoms with Crippen LogP contribution in [0.2, 0.25) is 0 Å². The van der Waals surface area contributed by atoms with Crippen LogP contribution >= 0.6 is 0 Å². The van der Waals surface area contributed by atoms with Crippen LogP contribution in [0.15, 0.2) is 0 Å². The zero-order valence-corrected chi connectivity index (χ0v) is 74.8. The predicted molar refractivity (Wildman–Crippen MR) is 450 cm³/mol. The lowest BCUT2D eigenvalue weighted by atomic mass is 9.70. The second-order valence-corrected chi connectivity index (χ2v) is 45.7. The molecule has 4 aliphatic carbocycles. The van der Waals surface area contributed by atoms with Gasteiger partial charge in [0.1, 0.15) is 0 Å². The summed E-state index contributed by atoms with van der Waals surface area (Å²) >= 11 is 0. The van der Waals surface area contributed by atoms with Gasteiger partial charge in [0.15, 0.2) is 0 Å². The molecule has 6 aliphatic heterocycles. The van der Waals surface area contributed by atoms with Gasteiger partial charge in [-0.05, 0) is 122 Å². The van der Waals surface area contributed by atoms with Crippen molar-refractivity contribution in [2.24, 2.45) is 65.0 Å². The van der Waals surface area contributed by atoms with Gasteiger partial charge in [0.05, 0.1) is 0 Å². The third-order valence-corrected chi connectivity index (χ3v) is 26.7. The van der Waals surface area contributed by atoms with Crippen LogP contribution in [0.3, 0.4) is 0 Å². The summed E-state index contributed by atoms with van der Waals surface area (Å²) in [6.07, 6.45) is 29.4. The van der Waals surface area contributed by atoms with Crippen molar-refractivity contribution in [2.45, 2.75) is 357 Å². The van der Waals surface area contributed by atoms with Crippen LogP contribution in [0.4, 0.5) is 17.8 Å². The molecular weight excluding hydrogens is 1370 g/mol. The highest BCUT2D eigenvalue weighted by Crippen LogP contribution is 2.47. The Hall–Kier alpha value is -4.81. The van der Waals surface area contributed by atoms with Gasteiger partial charge in [-0.1, -0.05) is 243 Å². The number of likely N-dealkylation sites (tertiary alicyclic amines) is 6. The molecule has 0 spiro atoms. The van der Waals surface area contributed by atoms with Crippen molar-refractivity contribution in [2.75, 3.05) is 119 Å². The minimum Gasteiger partial charge on any atom is -0.340 e. The standard InChI is InChI=1S/C54H93N9O3.C20H36N2O2.C17H32N2O/c1-49(2)34-52(7,8)43(64)58(37-49)28-31-61(40-22-16-13-17-23-40)46-55-47(62(41-24-18-14-19-25-41)32-29-59-38-50(3,4)35-53(9,10)44(59)65)57-48(56-46)63(42-26-20-15-21-27-42)33-30-60-39-51(5,6)36-54(11,12)45(60)66;1-17(2)11-19(5,6)15(23)21(13-17)9-10-22-14-18(3,4)12-20(7,8)16(22)24;1-16(2)12-17(3,4)15(20)19(13-16)11-10-18-14-8-6-5-7-9-14/h40-42H,13-39H2,1-12H3;9-14H2,1-8H3;14,18H,5-13H2,1-4H3. The van der Waals surface area contributed by atoms with Crippen molar-refractivity contribution in [3.05, 3.63) is 0 Å². The van der Waals surface area contributed by atoms with Gasteiger partial charge < -0.3 is 49.4 Å². The predicted octanol–water partition coefficient (Wildman–Crippen LogP) is 16.9. The van der Waals surface area contributed by atoms with E-state index in [-0.39, 0.29) is 96.4 Å². The average Bonchev–Trinajstić information content (AvgIpc) is 0.778. The first-order valence-electron chi connectivity index (χ1n) is 44.4. The first kappa shape index (κ1) is 89.1. The van der Waals surface area contributed by atoms with E-state index in [1.807, 2.05) is 37.5 Å². The van der Waals surface area contributed by atoms with Crippen molar-refractivity contribution in [1.29, 1.82) is 0 Å². The van der Waals surface area contributed by atoms with Gasteiger partial charge in [0, 0.05) is 161 Å². The van der Waals surface area contributed by atoms with E-state index >= 15 is 0 Å². The number of piperidine rings is 6. The van der Waals surface area contributed by atoms with E-state index in [1.54, 1.807) is 0 Å². The van der Waals surface area contributed by atoms with Crippen LogP contribution < -0.4 is 20.0 Å². The molecule has 7 heterocycles. The highest BCUT2D eigenvalue weighted by atomic mass is 16.2. The molecule has 19 nitrogen and oxygen atoms in total. The van der Waals surface area contributed by atoms with Gasteiger partial charge in [-0.25, -0.2) is 0 Å². The number of rotatable bonds is 22. The second-order valence-electron chi connectivity index (χ2n) is 45.7. The van der Waals surface area contributed by atoms with E-state index in [2.05, 4.69) is 178 Å². The summed E-state index contributed by atoms with van der Waals surface area (Å²) < 4.78 is 0. The molecule has 0 unspecified atom stereocenters. The molecular formula is C91H161N13O6. The molecule has 626 valence electrons. The maximum atomic E-state index is 14.1. The molecule has 0 radical (unpaired) electrons. The Kier molecular flexibility index (Phi) is 28.0. The summed E-state index contributed by atoms with van der Waals surface area (Å²) in [5.41, 5.74) is -1.48. The maximum Gasteiger partial charge on any atom is 0.232 e. The van der Waals surface area contributed by atoms with Crippen molar-refractivity contribution in [3.8, 4) is 0 Å². The largest absolute Gasteiger partial charge is 0.340 e. The van der Waals surface area contributed by atoms with Crippen molar-refractivity contribution < 1.29 is 28.8 Å². The first-order chi connectivity index (χ1) is 50.8. The molecule has 10 fully saturated rings. The van der Waals surface area contributed by atoms with Crippen molar-refractivity contribution in [1.82, 2.24) is 49.7 Å². The van der Waals surface area contributed by atoms with E-state index in [0.717, 1.165) is 147 Å². The number of hydrogen-bond donors (Lipinski definition) is 1. The SMILES string of the molecule is CC1(C)CN(CCN(c2nc(N(CCN3CC(C)(C)CC(C)(C)C3=O)C3CCCCC3)nc(N(CCN3CC(C)(C)CC(C)(C)C3=O)C3CCCCC3)n2)C2CCCCC2)C(=O)C(C)(C)C1.CC1(C)CN(CCN2CC(C)(C)CC(C)(C)C2=O)C(=O)C(C)(C)C1.CC1(C)CN(CCNC2CCCCC2)C(=O)C(C)(C)C1. The lowest BCUT2D eigenvalue weighted by Gasteiger charge is -2.49. The quantitative estimate of drug-likeness (QED) is 0.116. The number of anilines is 3. The molecule has 6 amide bonds.